The first-order chi connectivity index (χ1) is 7.93. The normalized spacial score (nSPS) is 11.9. The molecule has 1 unspecified atom stereocenters. The van der Waals surface area contributed by atoms with Gasteiger partial charge >= 0.3 is 5.97 Å². The number of carboxylic acid groups (broad SMARTS) is 1. The number of rotatable bonds is 4. The maximum absolute atomic E-state index is 13.4. The number of carbonyl (C=O) groups is 2. The van der Waals surface area contributed by atoms with Crippen LogP contribution in [0.4, 0.5) is 4.39 Å². The van der Waals surface area contributed by atoms with Gasteiger partial charge < -0.3 is 10.4 Å². The Balaban J connectivity index is 2.74. The molecule has 0 aliphatic carbocycles. The van der Waals surface area contributed by atoms with Crippen molar-refractivity contribution in [3.05, 3.63) is 33.1 Å². The lowest BCUT2D eigenvalue weighted by Gasteiger charge is -2.10. The SMILES string of the molecule is CC(CNC(=O)c1c(F)cccc1I)C(=O)O. The van der Waals surface area contributed by atoms with Gasteiger partial charge in [-0.1, -0.05) is 13.0 Å². The van der Waals surface area contributed by atoms with Crippen LogP contribution in [0.25, 0.3) is 0 Å². The molecule has 0 heterocycles. The second kappa shape index (κ2) is 5.95. The van der Waals surface area contributed by atoms with Crippen LogP contribution in [0.15, 0.2) is 18.2 Å². The van der Waals surface area contributed by atoms with Crippen molar-refractivity contribution in [1.82, 2.24) is 5.32 Å². The van der Waals surface area contributed by atoms with Crippen LogP contribution in [0, 0.1) is 15.3 Å². The maximum Gasteiger partial charge on any atom is 0.308 e. The van der Waals surface area contributed by atoms with Crippen LogP contribution in [-0.2, 0) is 4.79 Å². The van der Waals surface area contributed by atoms with E-state index in [0.717, 1.165) is 0 Å². The summed E-state index contributed by atoms with van der Waals surface area (Å²) in [5.41, 5.74) is -0.0503. The van der Waals surface area contributed by atoms with Crippen molar-refractivity contribution in [2.45, 2.75) is 6.92 Å². The molecule has 0 saturated heterocycles. The van der Waals surface area contributed by atoms with E-state index in [-0.39, 0.29) is 12.1 Å². The molecule has 0 saturated carbocycles. The molecule has 0 aliphatic rings. The molecule has 92 valence electrons. The van der Waals surface area contributed by atoms with Crippen molar-refractivity contribution in [3.8, 4) is 0 Å². The summed E-state index contributed by atoms with van der Waals surface area (Å²) in [7, 11) is 0. The van der Waals surface area contributed by atoms with Gasteiger partial charge in [-0.3, -0.25) is 9.59 Å². The van der Waals surface area contributed by atoms with Crippen LogP contribution in [0.5, 0.6) is 0 Å². The van der Waals surface area contributed by atoms with E-state index in [1.165, 1.54) is 19.1 Å². The summed E-state index contributed by atoms with van der Waals surface area (Å²) in [6, 6.07) is 4.31. The van der Waals surface area contributed by atoms with Gasteiger partial charge in [-0.25, -0.2) is 4.39 Å². The molecule has 1 rings (SSSR count). The van der Waals surface area contributed by atoms with E-state index in [2.05, 4.69) is 5.32 Å². The lowest BCUT2D eigenvalue weighted by Crippen LogP contribution is -2.32. The van der Waals surface area contributed by atoms with Crippen LogP contribution >= 0.6 is 22.6 Å². The Bertz CT molecular complexity index is 430. The number of carbonyl (C=O) groups excluding carboxylic acids is 1. The number of hydrogen-bond acceptors (Lipinski definition) is 2. The first kappa shape index (κ1) is 13.9. The van der Waals surface area contributed by atoms with Crippen LogP contribution in [0.2, 0.25) is 0 Å². The van der Waals surface area contributed by atoms with E-state index in [9.17, 15) is 14.0 Å². The Morgan fingerprint density at radius 2 is 2.18 bits per heavy atom. The average Bonchev–Trinajstić information content (AvgIpc) is 2.25. The average molecular weight is 351 g/mol. The van der Waals surface area contributed by atoms with Crippen molar-refractivity contribution in [2.75, 3.05) is 6.54 Å². The fourth-order valence-electron chi connectivity index (χ4n) is 1.14. The summed E-state index contributed by atoms with van der Waals surface area (Å²) in [6.45, 7) is 1.44. The minimum absolute atomic E-state index is 0.0292. The summed E-state index contributed by atoms with van der Waals surface area (Å²) < 4.78 is 13.9. The highest BCUT2D eigenvalue weighted by atomic mass is 127. The van der Waals surface area contributed by atoms with E-state index in [1.807, 2.05) is 22.6 Å². The monoisotopic (exact) mass is 351 g/mol. The van der Waals surface area contributed by atoms with Gasteiger partial charge in [0.15, 0.2) is 0 Å². The molecule has 17 heavy (non-hydrogen) atoms. The van der Waals surface area contributed by atoms with Gasteiger partial charge in [-0.05, 0) is 34.7 Å². The van der Waals surface area contributed by atoms with Crippen molar-refractivity contribution >= 4 is 34.5 Å². The van der Waals surface area contributed by atoms with E-state index in [0.29, 0.717) is 3.57 Å². The molecule has 2 N–H and O–H groups in total. The van der Waals surface area contributed by atoms with Crippen molar-refractivity contribution in [3.63, 3.8) is 0 Å². The molecular formula is C11H11FINO3. The predicted molar refractivity (Wildman–Crippen MR) is 68.3 cm³/mol. The molecule has 1 aromatic rings. The highest BCUT2D eigenvalue weighted by molar-refractivity contribution is 14.1. The predicted octanol–water partition coefficient (Wildman–Crippen LogP) is 1.88. The highest BCUT2D eigenvalue weighted by Gasteiger charge is 2.17. The van der Waals surface area contributed by atoms with E-state index >= 15 is 0 Å². The smallest absolute Gasteiger partial charge is 0.308 e. The fraction of sp³-hybridized carbons (Fsp3) is 0.273. The summed E-state index contributed by atoms with van der Waals surface area (Å²) >= 11 is 1.85. The standard InChI is InChI=1S/C11H11FINO3/c1-6(11(16)17)5-14-10(15)9-7(12)3-2-4-8(9)13/h2-4,6H,5H2,1H3,(H,14,15)(H,16,17). The van der Waals surface area contributed by atoms with Crippen LogP contribution < -0.4 is 5.32 Å². The van der Waals surface area contributed by atoms with Gasteiger partial charge in [-0.2, -0.15) is 0 Å². The third-order valence-electron chi connectivity index (χ3n) is 2.18. The molecule has 1 aromatic carbocycles. The zero-order chi connectivity index (χ0) is 13.0. The third-order valence-corrected chi connectivity index (χ3v) is 3.08. The van der Waals surface area contributed by atoms with Gasteiger partial charge in [0.2, 0.25) is 0 Å². The second-order valence-electron chi connectivity index (χ2n) is 3.55. The van der Waals surface area contributed by atoms with Crippen molar-refractivity contribution < 1.29 is 19.1 Å². The first-order valence-corrected chi connectivity index (χ1v) is 5.96. The van der Waals surface area contributed by atoms with E-state index in [4.69, 9.17) is 5.11 Å². The Hall–Kier alpha value is -1.18. The largest absolute Gasteiger partial charge is 0.481 e. The zero-order valence-electron chi connectivity index (χ0n) is 9.04. The van der Waals surface area contributed by atoms with Gasteiger partial charge in [0.25, 0.3) is 5.91 Å². The second-order valence-corrected chi connectivity index (χ2v) is 4.71. The molecule has 0 radical (unpaired) electrons. The van der Waals surface area contributed by atoms with Gasteiger partial charge in [-0.15, -0.1) is 0 Å². The molecule has 0 bridgehead atoms. The quantitative estimate of drug-likeness (QED) is 0.815. The Morgan fingerprint density at radius 1 is 1.53 bits per heavy atom. The van der Waals surface area contributed by atoms with Gasteiger partial charge in [0, 0.05) is 10.1 Å². The lowest BCUT2D eigenvalue weighted by molar-refractivity contribution is -0.140. The van der Waals surface area contributed by atoms with Gasteiger partial charge in [0.1, 0.15) is 5.82 Å². The molecule has 1 atom stereocenters. The Labute approximate surface area is 111 Å². The summed E-state index contributed by atoms with van der Waals surface area (Å²) in [4.78, 5) is 22.2. The number of hydrogen-bond donors (Lipinski definition) is 2. The van der Waals surface area contributed by atoms with Crippen molar-refractivity contribution in [1.29, 1.82) is 0 Å². The highest BCUT2D eigenvalue weighted by Crippen LogP contribution is 2.15. The summed E-state index contributed by atoms with van der Waals surface area (Å²) in [5, 5.41) is 11.0. The van der Waals surface area contributed by atoms with Gasteiger partial charge in [0.05, 0.1) is 11.5 Å². The summed E-state index contributed by atoms with van der Waals surface area (Å²) in [5.74, 6) is -2.92. The van der Waals surface area contributed by atoms with Crippen molar-refractivity contribution in [2.24, 2.45) is 5.92 Å². The van der Waals surface area contributed by atoms with E-state index < -0.39 is 23.6 Å². The number of aliphatic carboxylic acids is 1. The van der Waals surface area contributed by atoms with E-state index in [1.54, 1.807) is 6.07 Å². The number of amides is 1. The zero-order valence-corrected chi connectivity index (χ0v) is 11.2. The maximum atomic E-state index is 13.4. The molecule has 0 fully saturated rings. The number of halogens is 2. The van der Waals surface area contributed by atoms with Crippen LogP contribution in [0.1, 0.15) is 17.3 Å². The molecule has 6 heteroatoms. The summed E-state index contributed by atoms with van der Waals surface area (Å²) in [6.07, 6.45) is 0. The molecule has 0 spiro atoms. The first-order valence-electron chi connectivity index (χ1n) is 4.88. The molecule has 1 amide bonds. The molecule has 0 aliphatic heterocycles. The topological polar surface area (TPSA) is 66.4 Å². The third kappa shape index (κ3) is 3.65. The number of benzene rings is 1. The minimum atomic E-state index is -1.01. The number of nitrogens with one attached hydrogen (secondary N) is 1. The molecule has 4 nitrogen and oxygen atoms in total. The minimum Gasteiger partial charge on any atom is -0.481 e. The number of carboxylic acids is 1. The van der Waals surface area contributed by atoms with Crippen LogP contribution in [-0.4, -0.2) is 23.5 Å². The molecule has 0 aromatic heterocycles. The van der Waals surface area contributed by atoms with Crippen LogP contribution in [0.3, 0.4) is 0 Å². The fourth-order valence-corrected chi connectivity index (χ4v) is 1.85. The lowest BCUT2D eigenvalue weighted by atomic mass is 10.1. The Morgan fingerprint density at radius 3 is 2.71 bits per heavy atom. The Kier molecular flexibility index (Phi) is 4.86. The molecular weight excluding hydrogens is 340 g/mol.